The summed E-state index contributed by atoms with van der Waals surface area (Å²) in [7, 11) is 1.64. The van der Waals surface area contributed by atoms with Crippen LogP contribution >= 0.6 is 0 Å². The van der Waals surface area contributed by atoms with E-state index in [-0.39, 0.29) is 0 Å². The first kappa shape index (κ1) is 18.0. The molecule has 0 saturated carbocycles. The van der Waals surface area contributed by atoms with E-state index in [1.54, 1.807) is 24.4 Å². The molecule has 1 unspecified atom stereocenters. The van der Waals surface area contributed by atoms with Crippen molar-refractivity contribution in [2.75, 3.05) is 33.4 Å². The van der Waals surface area contributed by atoms with E-state index in [2.05, 4.69) is 10.3 Å². The van der Waals surface area contributed by atoms with Gasteiger partial charge in [-0.15, -0.1) is 0 Å². The molecule has 7 nitrogen and oxygen atoms in total. The number of pyridine rings is 1. The van der Waals surface area contributed by atoms with E-state index >= 15 is 0 Å². The highest BCUT2D eigenvalue weighted by molar-refractivity contribution is 5.73. The van der Waals surface area contributed by atoms with Crippen LogP contribution in [0.2, 0.25) is 0 Å². The summed E-state index contributed by atoms with van der Waals surface area (Å²) < 4.78 is 11.3. The van der Waals surface area contributed by atoms with Crippen molar-refractivity contribution in [3.63, 3.8) is 0 Å². The normalized spacial score (nSPS) is 19.8. The number of carbonyl (C=O) groups is 1. The molecule has 0 bridgehead atoms. The molecule has 1 aromatic carbocycles. The summed E-state index contributed by atoms with van der Waals surface area (Å²) in [6, 6.07) is 11.0. The van der Waals surface area contributed by atoms with Crippen LogP contribution in [0.15, 0.2) is 48.8 Å². The van der Waals surface area contributed by atoms with Crippen molar-refractivity contribution < 1.29 is 14.3 Å². The van der Waals surface area contributed by atoms with Gasteiger partial charge in [0.1, 0.15) is 18.1 Å². The Morgan fingerprint density at radius 3 is 2.92 bits per heavy atom. The largest absolute Gasteiger partial charge is 0.497 e. The second-order valence-corrected chi connectivity index (χ2v) is 6.40. The number of nitrogens with two attached hydrogens (primary N) is 1. The summed E-state index contributed by atoms with van der Waals surface area (Å²) in [6.07, 6.45) is 3.95. The van der Waals surface area contributed by atoms with Crippen molar-refractivity contribution in [3.8, 4) is 11.5 Å². The lowest BCUT2D eigenvalue weighted by molar-refractivity contribution is 0.0492. The molecule has 1 aliphatic heterocycles. The SMILES string of the molecule is COc1cccc(CC2(COc3cccnc3)CNCCN2C(N)=O)c1. The molecular formula is C19H24N4O3. The van der Waals surface area contributed by atoms with Crippen molar-refractivity contribution >= 4 is 6.03 Å². The van der Waals surface area contributed by atoms with Gasteiger partial charge in [-0.3, -0.25) is 4.98 Å². The van der Waals surface area contributed by atoms with Gasteiger partial charge >= 0.3 is 6.03 Å². The molecule has 138 valence electrons. The van der Waals surface area contributed by atoms with Crippen molar-refractivity contribution in [2.24, 2.45) is 5.73 Å². The molecule has 0 radical (unpaired) electrons. The maximum atomic E-state index is 12.1. The van der Waals surface area contributed by atoms with Crippen LogP contribution in [0.4, 0.5) is 4.79 Å². The number of nitrogens with zero attached hydrogens (tertiary/aromatic N) is 2. The lowest BCUT2D eigenvalue weighted by atomic mass is 9.87. The molecule has 1 fully saturated rings. The summed E-state index contributed by atoms with van der Waals surface area (Å²) >= 11 is 0. The number of primary amides is 1. The molecule has 2 aromatic rings. The molecular weight excluding hydrogens is 332 g/mol. The summed E-state index contributed by atoms with van der Waals surface area (Å²) in [5.41, 5.74) is 6.15. The molecule has 7 heteroatoms. The summed E-state index contributed by atoms with van der Waals surface area (Å²) in [4.78, 5) is 17.9. The second-order valence-electron chi connectivity index (χ2n) is 6.40. The fourth-order valence-corrected chi connectivity index (χ4v) is 3.34. The van der Waals surface area contributed by atoms with Crippen LogP contribution in [0.5, 0.6) is 11.5 Å². The number of carbonyl (C=O) groups excluding carboxylic acids is 1. The molecule has 1 aromatic heterocycles. The first-order valence-electron chi connectivity index (χ1n) is 8.56. The maximum absolute atomic E-state index is 12.1. The minimum Gasteiger partial charge on any atom is -0.497 e. The molecule has 1 atom stereocenters. The number of hydrogen-bond acceptors (Lipinski definition) is 5. The van der Waals surface area contributed by atoms with Crippen LogP contribution in [0.25, 0.3) is 0 Å². The highest BCUT2D eigenvalue weighted by Crippen LogP contribution is 2.26. The summed E-state index contributed by atoms with van der Waals surface area (Å²) in [5, 5.41) is 3.37. The van der Waals surface area contributed by atoms with E-state index in [4.69, 9.17) is 15.2 Å². The molecule has 0 aliphatic carbocycles. The Hall–Kier alpha value is -2.80. The molecule has 1 saturated heterocycles. The third kappa shape index (κ3) is 4.05. The summed E-state index contributed by atoms with van der Waals surface area (Å²) in [5.74, 6) is 1.44. The van der Waals surface area contributed by atoms with Gasteiger partial charge in [0, 0.05) is 32.3 Å². The minimum absolute atomic E-state index is 0.311. The highest BCUT2D eigenvalue weighted by atomic mass is 16.5. The molecule has 0 spiro atoms. The fourth-order valence-electron chi connectivity index (χ4n) is 3.34. The van der Waals surface area contributed by atoms with E-state index in [9.17, 15) is 4.79 Å². The van der Waals surface area contributed by atoms with Crippen LogP contribution in [0.3, 0.4) is 0 Å². The monoisotopic (exact) mass is 356 g/mol. The molecule has 2 amide bonds. The Labute approximate surface area is 153 Å². The van der Waals surface area contributed by atoms with E-state index in [1.807, 2.05) is 36.4 Å². The fraction of sp³-hybridized carbons (Fsp3) is 0.368. The number of benzene rings is 1. The zero-order valence-corrected chi connectivity index (χ0v) is 14.9. The number of urea groups is 1. The number of ether oxygens (including phenoxy) is 2. The van der Waals surface area contributed by atoms with E-state index in [0.717, 1.165) is 11.3 Å². The third-order valence-electron chi connectivity index (χ3n) is 4.61. The van der Waals surface area contributed by atoms with Gasteiger partial charge in [-0.1, -0.05) is 12.1 Å². The number of hydrogen-bond donors (Lipinski definition) is 2. The quantitative estimate of drug-likeness (QED) is 0.817. The molecule has 3 N–H and O–H groups in total. The molecule has 26 heavy (non-hydrogen) atoms. The van der Waals surface area contributed by atoms with Crippen LogP contribution in [0.1, 0.15) is 5.56 Å². The Morgan fingerprint density at radius 2 is 2.19 bits per heavy atom. The lowest BCUT2D eigenvalue weighted by Crippen LogP contribution is -2.67. The topological polar surface area (TPSA) is 89.7 Å². The second kappa shape index (κ2) is 8.05. The first-order chi connectivity index (χ1) is 12.6. The number of rotatable bonds is 6. The number of nitrogens with one attached hydrogen (secondary N) is 1. The Bertz CT molecular complexity index is 741. The van der Waals surface area contributed by atoms with Crippen molar-refractivity contribution in [2.45, 2.75) is 12.0 Å². The van der Waals surface area contributed by atoms with Gasteiger partial charge in [0.25, 0.3) is 0 Å². The number of methoxy groups -OCH3 is 1. The van der Waals surface area contributed by atoms with Gasteiger partial charge in [-0.05, 0) is 29.8 Å². The molecule has 2 heterocycles. The Balaban J connectivity index is 1.88. The van der Waals surface area contributed by atoms with Crippen molar-refractivity contribution in [1.29, 1.82) is 0 Å². The predicted octanol–water partition coefficient (Wildman–Crippen LogP) is 1.43. The standard InChI is InChI=1S/C19H24N4O3/c1-25-16-5-2-4-15(10-16)11-19(13-22-8-9-23(19)18(20)24)14-26-17-6-3-7-21-12-17/h2-7,10,12,22H,8-9,11,13-14H2,1H3,(H2,20,24). The van der Waals surface area contributed by atoms with Crippen LogP contribution < -0.4 is 20.5 Å². The maximum Gasteiger partial charge on any atom is 0.315 e. The Kier molecular flexibility index (Phi) is 5.58. The average Bonchev–Trinajstić information content (AvgIpc) is 2.67. The average molecular weight is 356 g/mol. The number of amides is 2. The predicted molar refractivity (Wildman–Crippen MR) is 98.3 cm³/mol. The van der Waals surface area contributed by atoms with Gasteiger partial charge in [0.2, 0.25) is 0 Å². The zero-order chi connectivity index (χ0) is 18.4. The number of aromatic nitrogens is 1. The first-order valence-corrected chi connectivity index (χ1v) is 8.56. The molecule has 1 aliphatic rings. The number of piperazine rings is 1. The lowest BCUT2D eigenvalue weighted by Gasteiger charge is -2.46. The minimum atomic E-state index is -0.591. The third-order valence-corrected chi connectivity index (χ3v) is 4.61. The van der Waals surface area contributed by atoms with E-state index in [1.165, 1.54) is 0 Å². The van der Waals surface area contributed by atoms with Gasteiger partial charge in [-0.25, -0.2) is 4.79 Å². The van der Waals surface area contributed by atoms with Crippen LogP contribution in [-0.2, 0) is 6.42 Å². The molecule has 3 rings (SSSR count). The van der Waals surface area contributed by atoms with Crippen LogP contribution in [0, 0.1) is 0 Å². The van der Waals surface area contributed by atoms with Gasteiger partial charge < -0.3 is 25.4 Å². The van der Waals surface area contributed by atoms with E-state index in [0.29, 0.717) is 38.4 Å². The van der Waals surface area contributed by atoms with Crippen molar-refractivity contribution in [3.05, 3.63) is 54.4 Å². The highest BCUT2D eigenvalue weighted by Gasteiger charge is 2.42. The van der Waals surface area contributed by atoms with E-state index < -0.39 is 11.6 Å². The van der Waals surface area contributed by atoms with Gasteiger partial charge in [0.05, 0.1) is 18.8 Å². The van der Waals surface area contributed by atoms with Gasteiger partial charge in [-0.2, -0.15) is 0 Å². The van der Waals surface area contributed by atoms with Crippen molar-refractivity contribution in [1.82, 2.24) is 15.2 Å². The Morgan fingerprint density at radius 1 is 1.35 bits per heavy atom. The summed E-state index contributed by atoms with van der Waals surface area (Å²) in [6.45, 7) is 2.14. The van der Waals surface area contributed by atoms with Gasteiger partial charge in [0.15, 0.2) is 0 Å². The smallest absolute Gasteiger partial charge is 0.315 e. The zero-order valence-electron chi connectivity index (χ0n) is 14.9. The van der Waals surface area contributed by atoms with Crippen LogP contribution in [-0.4, -0.2) is 54.8 Å².